The number of halogens is 1. The van der Waals surface area contributed by atoms with Crippen molar-refractivity contribution in [2.75, 3.05) is 40.5 Å². The molecule has 192 valence electrons. The number of carbonyl (C=O) groups excluding carboxylic acids is 3. The van der Waals surface area contributed by atoms with Gasteiger partial charge in [0.05, 0.1) is 23.3 Å². The van der Waals surface area contributed by atoms with E-state index in [2.05, 4.69) is 5.32 Å². The molecule has 2 amide bonds. The van der Waals surface area contributed by atoms with Crippen molar-refractivity contribution in [3.63, 3.8) is 0 Å². The number of hydrogen-bond donors (Lipinski definition) is 3. The summed E-state index contributed by atoms with van der Waals surface area (Å²) in [5.74, 6) is 0.275. The first-order valence-corrected chi connectivity index (χ1v) is 12.5. The summed E-state index contributed by atoms with van der Waals surface area (Å²) in [6, 6.07) is 2.43. The Hall–Kier alpha value is -2.22. The maximum Gasteiger partial charge on any atom is 0.248 e. The van der Waals surface area contributed by atoms with Gasteiger partial charge in [0.25, 0.3) is 0 Å². The molecule has 1 aromatic carbocycles. The second-order valence-electron chi connectivity index (χ2n) is 8.59. The molecule has 0 saturated heterocycles. The highest BCUT2D eigenvalue weighted by Gasteiger charge is 2.42. The number of aliphatic hydroxyl groups is 2. The normalized spacial score (nSPS) is 21.6. The van der Waals surface area contributed by atoms with Crippen LogP contribution in [0.25, 0.3) is 0 Å². The quantitative estimate of drug-likeness (QED) is 0.238. The van der Waals surface area contributed by atoms with Crippen LogP contribution < -0.4 is 14.8 Å². The Labute approximate surface area is 217 Å². The van der Waals surface area contributed by atoms with E-state index in [0.29, 0.717) is 45.0 Å². The van der Waals surface area contributed by atoms with E-state index in [0.717, 1.165) is 12.8 Å². The lowest BCUT2D eigenvalue weighted by molar-refractivity contribution is -0.142. The van der Waals surface area contributed by atoms with Gasteiger partial charge < -0.3 is 34.6 Å². The predicted molar refractivity (Wildman–Crippen MR) is 134 cm³/mol. The van der Waals surface area contributed by atoms with E-state index < -0.39 is 24.2 Å². The van der Waals surface area contributed by atoms with Crippen LogP contribution in [-0.2, 0) is 14.3 Å². The summed E-state index contributed by atoms with van der Waals surface area (Å²) in [5, 5.41) is 23.1. The number of rotatable bonds is 12. The third kappa shape index (κ3) is 6.93. The summed E-state index contributed by atoms with van der Waals surface area (Å²) >= 11 is 2.01. The van der Waals surface area contributed by atoms with E-state index in [-0.39, 0.29) is 32.1 Å². The Morgan fingerprint density at radius 1 is 1.29 bits per heavy atom. The van der Waals surface area contributed by atoms with Crippen LogP contribution in [-0.4, -0.2) is 92.0 Å². The van der Waals surface area contributed by atoms with Crippen LogP contribution in [0.15, 0.2) is 23.8 Å². The number of amides is 2. The zero-order valence-corrected chi connectivity index (χ0v) is 21.9. The second-order valence-corrected chi connectivity index (χ2v) is 9.75. The maximum atomic E-state index is 12.9. The molecular formula is C24H31IN2O8. The highest BCUT2D eigenvalue weighted by Crippen LogP contribution is 2.38. The first kappa shape index (κ1) is 27.4. The average Bonchev–Trinajstić information content (AvgIpc) is 3.67. The highest BCUT2D eigenvalue weighted by molar-refractivity contribution is 14.1. The predicted octanol–water partition coefficient (Wildman–Crippen LogP) is 0.913. The Balaban J connectivity index is 1.97. The van der Waals surface area contributed by atoms with Crippen molar-refractivity contribution in [1.82, 2.24) is 10.2 Å². The monoisotopic (exact) mass is 602 g/mol. The number of hydrogen-bond acceptors (Lipinski definition) is 8. The van der Waals surface area contributed by atoms with E-state index in [9.17, 15) is 19.5 Å². The zero-order valence-electron chi connectivity index (χ0n) is 19.7. The molecule has 3 rings (SSSR count). The lowest BCUT2D eigenvalue weighted by Crippen LogP contribution is -2.56. The third-order valence-corrected chi connectivity index (χ3v) is 6.80. The SMILES string of the molecule is COCC(=O)N(CC1CC1)C1CC(C(=O)NCCO)=CC(Oc2c(I)cc(C=O)cc2OC)C1O. The standard InChI is InChI=1S/C24H31IN2O8/c1-33-13-21(30)27(11-14-3-4-14)18-9-16(24(32)26-5-6-28)10-19(22(18)31)35-23-17(25)7-15(12-29)8-20(23)34-2/h7-8,10,12,14,18-19,22,28,31H,3-6,9,11,13H2,1-2H3,(H,26,32). The molecule has 0 spiro atoms. The fourth-order valence-electron chi connectivity index (χ4n) is 4.04. The molecule has 3 unspecified atom stereocenters. The van der Waals surface area contributed by atoms with Crippen LogP contribution in [0.1, 0.15) is 29.6 Å². The molecular weight excluding hydrogens is 571 g/mol. The van der Waals surface area contributed by atoms with Gasteiger partial charge in [-0.05, 0) is 59.6 Å². The highest BCUT2D eigenvalue weighted by atomic mass is 127. The summed E-state index contributed by atoms with van der Waals surface area (Å²) in [7, 11) is 2.87. The van der Waals surface area contributed by atoms with Crippen LogP contribution in [0.4, 0.5) is 0 Å². The Morgan fingerprint density at radius 2 is 2.03 bits per heavy atom. The maximum absolute atomic E-state index is 12.9. The van der Waals surface area contributed by atoms with Gasteiger partial charge in [-0.1, -0.05) is 0 Å². The number of benzene rings is 1. The topological polar surface area (TPSA) is 135 Å². The van der Waals surface area contributed by atoms with Crippen LogP contribution in [0.5, 0.6) is 11.5 Å². The van der Waals surface area contributed by atoms with Gasteiger partial charge >= 0.3 is 0 Å². The summed E-state index contributed by atoms with van der Waals surface area (Å²) < 4.78 is 17.2. The lowest BCUT2D eigenvalue weighted by atomic mass is 9.88. The van der Waals surface area contributed by atoms with Gasteiger partial charge in [-0.3, -0.25) is 14.4 Å². The molecule has 11 heteroatoms. The second kappa shape index (κ2) is 12.7. The molecule has 2 aliphatic carbocycles. The van der Waals surface area contributed by atoms with E-state index in [1.165, 1.54) is 26.4 Å². The van der Waals surface area contributed by atoms with Crippen LogP contribution in [0.3, 0.4) is 0 Å². The molecule has 3 N–H and O–H groups in total. The molecule has 1 fully saturated rings. The fraction of sp³-hybridized carbons (Fsp3) is 0.542. The molecule has 1 aromatic rings. The molecule has 0 radical (unpaired) electrons. The fourth-order valence-corrected chi connectivity index (χ4v) is 4.80. The van der Waals surface area contributed by atoms with Crippen molar-refractivity contribution >= 4 is 40.7 Å². The molecule has 3 atom stereocenters. The molecule has 0 bridgehead atoms. The number of nitrogens with one attached hydrogen (secondary N) is 1. The average molecular weight is 602 g/mol. The van der Waals surface area contributed by atoms with Gasteiger partial charge in [0, 0.05) is 37.8 Å². The summed E-state index contributed by atoms with van der Waals surface area (Å²) in [6.45, 7) is 0.166. The lowest BCUT2D eigenvalue weighted by Gasteiger charge is -2.40. The van der Waals surface area contributed by atoms with Crippen LogP contribution >= 0.6 is 22.6 Å². The molecule has 10 nitrogen and oxygen atoms in total. The minimum atomic E-state index is -1.14. The zero-order chi connectivity index (χ0) is 25.5. The van der Waals surface area contributed by atoms with Crippen molar-refractivity contribution in [2.45, 2.75) is 37.5 Å². The number of nitrogens with zero attached hydrogens (tertiary/aromatic N) is 1. The number of aldehydes is 1. The number of carbonyl (C=O) groups is 3. The van der Waals surface area contributed by atoms with Crippen molar-refractivity contribution < 1.29 is 38.8 Å². The van der Waals surface area contributed by atoms with E-state index in [1.807, 2.05) is 22.6 Å². The Kier molecular flexibility index (Phi) is 9.89. The number of aliphatic hydroxyl groups excluding tert-OH is 2. The Morgan fingerprint density at radius 3 is 2.63 bits per heavy atom. The van der Waals surface area contributed by atoms with E-state index >= 15 is 0 Å². The van der Waals surface area contributed by atoms with Gasteiger partial charge in [-0.15, -0.1) is 0 Å². The largest absolute Gasteiger partial charge is 0.493 e. The van der Waals surface area contributed by atoms with E-state index in [1.54, 1.807) is 11.0 Å². The molecule has 0 aromatic heterocycles. The van der Waals surface area contributed by atoms with Crippen LogP contribution in [0.2, 0.25) is 0 Å². The van der Waals surface area contributed by atoms with Gasteiger partial charge in [-0.25, -0.2) is 0 Å². The van der Waals surface area contributed by atoms with Crippen molar-refractivity contribution in [1.29, 1.82) is 0 Å². The minimum Gasteiger partial charge on any atom is -0.493 e. The first-order chi connectivity index (χ1) is 16.8. The summed E-state index contributed by atoms with van der Waals surface area (Å²) in [6.07, 6.45) is 2.22. The molecule has 35 heavy (non-hydrogen) atoms. The van der Waals surface area contributed by atoms with Gasteiger partial charge in [-0.2, -0.15) is 0 Å². The third-order valence-electron chi connectivity index (χ3n) is 6.00. The molecule has 0 heterocycles. The van der Waals surface area contributed by atoms with Crippen molar-refractivity contribution in [3.05, 3.63) is 32.9 Å². The van der Waals surface area contributed by atoms with Gasteiger partial charge in [0.2, 0.25) is 11.8 Å². The molecule has 2 aliphatic rings. The number of methoxy groups -OCH3 is 2. The van der Waals surface area contributed by atoms with Crippen LogP contribution in [0, 0.1) is 9.49 Å². The smallest absolute Gasteiger partial charge is 0.248 e. The number of ether oxygens (including phenoxy) is 3. The van der Waals surface area contributed by atoms with Gasteiger partial charge in [0.15, 0.2) is 11.5 Å². The van der Waals surface area contributed by atoms with Crippen molar-refractivity contribution in [2.24, 2.45) is 5.92 Å². The molecule has 0 aliphatic heterocycles. The Bertz CT molecular complexity index is 965. The van der Waals surface area contributed by atoms with Crippen molar-refractivity contribution in [3.8, 4) is 11.5 Å². The first-order valence-electron chi connectivity index (χ1n) is 11.4. The molecule has 1 saturated carbocycles. The van der Waals surface area contributed by atoms with Gasteiger partial charge in [0.1, 0.15) is 25.1 Å². The van der Waals surface area contributed by atoms with E-state index in [4.69, 9.17) is 19.3 Å². The minimum absolute atomic E-state index is 0.0716. The summed E-state index contributed by atoms with van der Waals surface area (Å²) in [5.41, 5.74) is 0.740. The summed E-state index contributed by atoms with van der Waals surface area (Å²) in [4.78, 5) is 38.6.